The Hall–Kier alpha value is -0.540. The Morgan fingerprint density at radius 3 is 2.79 bits per heavy atom. The van der Waals surface area contributed by atoms with Crippen molar-refractivity contribution in [3.05, 3.63) is 28.2 Å². The van der Waals surface area contributed by atoms with Gasteiger partial charge in [0, 0.05) is 15.7 Å². The Morgan fingerprint density at radius 1 is 1.50 bits per heavy atom. The highest BCUT2D eigenvalue weighted by Crippen LogP contribution is 2.23. The lowest BCUT2D eigenvalue weighted by atomic mass is 10.2. The molecule has 0 saturated heterocycles. The highest BCUT2D eigenvalue weighted by atomic mass is 79.9. The largest absolute Gasteiger partial charge is 0.398 e. The Morgan fingerprint density at radius 2 is 2.21 bits per heavy atom. The van der Waals surface area contributed by atoms with E-state index in [1.807, 2.05) is 18.2 Å². The van der Waals surface area contributed by atoms with Crippen LogP contribution in [-0.2, 0) is 11.3 Å². The molecule has 3 heteroatoms. The van der Waals surface area contributed by atoms with Crippen LogP contribution in [0.3, 0.4) is 0 Å². The van der Waals surface area contributed by atoms with Gasteiger partial charge < -0.3 is 10.5 Å². The molecule has 2 N–H and O–H groups in total. The van der Waals surface area contributed by atoms with E-state index in [4.69, 9.17) is 10.5 Å². The fraction of sp³-hybridized carbons (Fsp3) is 0.455. The van der Waals surface area contributed by atoms with Crippen LogP contribution in [0.2, 0.25) is 0 Å². The summed E-state index contributed by atoms with van der Waals surface area (Å²) in [6.07, 6.45) is 1.30. The molecule has 0 aliphatic rings. The molecule has 78 valence electrons. The Kier molecular flexibility index (Phi) is 4.42. The molecule has 0 aromatic heterocycles. The van der Waals surface area contributed by atoms with Crippen molar-refractivity contribution in [3.8, 4) is 0 Å². The zero-order valence-corrected chi connectivity index (χ0v) is 10.2. The monoisotopic (exact) mass is 257 g/mol. The third-order valence-corrected chi connectivity index (χ3v) is 2.99. The Balaban J connectivity index is 2.66. The van der Waals surface area contributed by atoms with Crippen molar-refractivity contribution in [2.24, 2.45) is 0 Å². The number of anilines is 1. The number of halogens is 1. The highest BCUT2D eigenvalue weighted by molar-refractivity contribution is 9.10. The number of hydrogen-bond donors (Lipinski definition) is 1. The molecule has 2 nitrogen and oxygen atoms in total. The van der Waals surface area contributed by atoms with E-state index in [1.54, 1.807) is 0 Å². The summed E-state index contributed by atoms with van der Waals surface area (Å²) in [5.41, 5.74) is 7.65. The van der Waals surface area contributed by atoms with Gasteiger partial charge in [0.1, 0.15) is 0 Å². The molecular weight excluding hydrogens is 242 g/mol. The first kappa shape index (κ1) is 11.5. The second-order valence-electron chi connectivity index (χ2n) is 3.34. The number of ether oxygens (including phenoxy) is 1. The van der Waals surface area contributed by atoms with Crippen molar-refractivity contribution in [2.45, 2.75) is 33.0 Å². The van der Waals surface area contributed by atoms with Crippen molar-refractivity contribution in [3.63, 3.8) is 0 Å². The van der Waals surface area contributed by atoms with Crippen LogP contribution < -0.4 is 5.73 Å². The second-order valence-corrected chi connectivity index (χ2v) is 4.19. The van der Waals surface area contributed by atoms with E-state index >= 15 is 0 Å². The summed E-state index contributed by atoms with van der Waals surface area (Å²) in [6, 6.07) is 5.79. The van der Waals surface area contributed by atoms with Crippen LogP contribution in [0.25, 0.3) is 0 Å². The molecule has 0 saturated carbocycles. The number of rotatable bonds is 4. The lowest BCUT2D eigenvalue weighted by Crippen LogP contribution is -2.07. The van der Waals surface area contributed by atoms with E-state index < -0.39 is 0 Å². The molecule has 0 fully saturated rings. The van der Waals surface area contributed by atoms with Crippen LogP contribution in [-0.4, -0.2) is 6.10 Å². The van der Waals surface area contributed by atoms with E-state index in [0.29, 0.717) is 6.61 Å². The van der Waals surface area contributed by atoms with Crippen molar-refractivity contribution < 1.29 is 4.74 Å². The van der Waals surface area contributed by atoms with Gasteiger partial charge in [-0.3, -0.25) is 0 Å². The summed E-state index contributed by atoms with van der Waals surface area (Å²) in [7, 11) is 0. The van der Waals surface area contributed by atoms with E-state index in [-0.39, 0.29) is 6.10 Å². The summed E-state index contributed by atoms with van der Waals surface area (Å²) in [4.78, 5) is 0. The maximum atomic E-state index is 5.84. The summed E-state index contributed by atoms with van der Waals surface area (Å²) in [5.74, 6) is 0. The van der Waals surface area contributed by atoms with Crippen molar-refractivity contribution in [2.75, 3.05) is 5.73 Å². The standard InChI is InChI=1S/C11H16BrNO/c1-3-8(2)14-7-9-10(12)5-4-6-11(9)13/h4-6,8H,3,7,13H2,1-2H3. The summed E-state index contributed by atoms with van der Waals surface area (Å²) < 4.78 is 6.64. The molecule has 14 heavy (non-hydrogen) atoms. The normalized spacial score (nSPS) is 12.8. The number of benzene rings is 1. The van der Waals surface area contributed by atoms with Crippen LogP contribution in [0.1, 0.15) is 25.8 Å². The van der Waals surface area contributed by atoms with E-state index in [2.05, 4.69) is 29.8 Å². The molecule has 1 unspecified atom stereocenters. The molecular formula is C11H16BrNO. The lowest BCUT2D eigenvalue weighted by molar-refractivity contribution is 0.0509. The number of nitrogen functional groups attached to an aromatic ring is 1. The van der Waals surface area contributed by atoms with Gasteiger partial charge >= 0.3 is 0 Å². The minimum absolute atomic E-state index is 0.279. The summed E-state index contributed by atoms with van der Waals surface area (Å²) in [5, 5.41) is 0. The third kappa shape index (κ3) is 3.00. The molecule has 1 rings (SSSR count). The van der Waals surface area contributed by atoms with Crippen LogP contribution in [0, 0.1) is 0 Å². The van der Waals surface area contributed by atoms with Gasteiger partial charge in [0.05, 0.1) is 12.7 Å². The van der Waals surface area contributed by atoms with Crippen molar-refractivity contribution >= 4 is 21.6 Å². The van der Waals surface area contributed by atoms with Crippen LogP contribution in [0.4, 0.5) is 5.69 Å². The zero-order valence-electron chi connectivity index (χ0n) is 8.59. The first-order valence-electron chi connectivity index (χ1n) is 4.79. The van der Waals surface area contributed by atoms with Gasteiger partial charge in [0.25, 0.3) is 0 Å². The fourth-order valence-electron chi connectivity index (χ4n) is 1.07. The molecule has 0 aliphatic carbocycles. The quantitative estimate of drug-likeness (QED) is 0.840. The summed E-state index contributed by atoms with van der Waals surface area (Å²) in [6.45, 7) is 4.74. The van der Waals surface area contributed by atoms with Crippen LogP contribution >= 0.6 is 15.9 Å². The third-order valence-electron chi connectivity index (χ3n) is 2.24. The average Bonchev–Trinajstić information content (AvgIpc) is 2.16. The van der Waals surface area contributed by atoms with Gasteiger partial charge in [-0.05, 0) is 25.5 Å². The minimum atomic E-state index is 0.279. The van der Waals surface area contributed by atoms with Crippen molar-refractivity contribution in [1.82, 2.24) is 0 Å². The number of nitrogens with two attached hydrogens (primary N) is 1. The Bertz CT molecular complexity index is 281. The molecule has 0 aliphatic heterocycles. The maximum absolute atomic E-state index is 5.84. The van der Waals surface area contributed by atoms with E-state index in [9.17, 15) is 0 Å². The van der Waals surface area contributed by atoms with Crippen LogP contribution in [0.15, 0.2) is 22.7 Å². The van der Waals surface area contributed by atoms with Gasteiger partial charge in [-0.15, -0.1) is 0 Å². The lowest BCUT2D eigenvalue weighted by Gasteiger charge is -2.13. The highest BCUT2D eigenvalue weighted by Gasteiger charge is 2.06. The van der Waals surface area contributed by atoms with Gasteiger partial charge in [0.15, 0.2) is 0 Å². The molecule has 0 heterocycles. The first-order valence-corrected chi connectivity index (χ1v) is 5.59. The predicted molar refractivity (Wildman–Crippen MR) is 63.1 cm³/mol. The molecule has 0 bridgehead atoms. The molecule has 0 radical (unpaired) electrons. The second kappa shape index (κ2) is 5.37. The molecule has 0 amide bonds. The molecule has 1 aromatic carbocycles. The van der Waals surface area contributed by atoms with Gasteiger partial charge in [-0.25, -0.2) is 0 Å². The minimum Gasteiger partial charge on any atom is -0.398 e. The molecule has 1 aromatic rings. The first-order chi connectivity index (χ1) is 6.65. The predicted octanol–water partition coefficient (Wildman–Crippen LogP) is 3.35. The number of hydrogen-bond acceptors (Lipinski definition) is 2. The van der Waals surface area contributed by atoms with Gasteiger partial charge in [0.2, 0.25) is 0 Å². The Labute approximate surface area is 93.6 Å². The van der Waals surface area contributed by atoms with E-state index in [0.717, 1.165) is 22.1 Å². The fourth-order valence-corrected chi connectivity index (χ4v) is 1.57. The average molecular weight is 258 g/mol. The smallest absolute Gasteiger partial charge is 0.0751 e. The maximum Gasteiger partial charge on any atom is 0.0751 e. The van der Waals surface area contributed by atoms with Crippen LogP contribution in [0.5, 0.6) is 0 Å². The van der Waals surface area contributed by atoms with Gasteiger partial charge in [-0.1, -0.05) is 28.9 Å². The van der Waals surface area contributed by atoms with Crippen molar-refractivity contribution in [1.29, 1.82) is 0 Å². The summed E-state index contributed by atoms with van der Waals surface area (Å²) >= 11 is 3.46. The molecule has 0 spiro atoms. The van der Waals surface area contributed by atoms with E-state index in [1.165, 1.54) is 0 Å². The SMILES string of the molecule is CCC(C)OCc1c(N)cccc1Br. The molecule has 1 atom stereocenters. The van der Waals surface area contributed by atoms with Gasteiger partial charge in [-0.2, -0.15) is 0 Å². The zero-order chi connectivity index (χ0) is 10.6. The topological polar surface area (TPSA) is 35.2 Å².